The van der Waals surface area contributed by atoms with Crippen molar-refractivity contribution in [1.29, 1.82) is 0 Å². The normalized spacial score (nSPS) is 12.0. The van der Waals surface area contributed by atoms with Gasteiger partial charge in [0.1, 0.15) is 12.4 Å². The van der Waals surface area contributed by atoms with Gasteiger partial charge in [-0.2, -0.15) is 23.1 Å². The van der Waals surface area contributed by atoms with Gasteiger partial charge >= 0.3 is 12.2 Å². The molecule has 1 aromatic heterocycles. The van der Waals surface area contributed by atoms with Crippen molar-refractivity contribution in [3.8, 4) is 17.3 Å². The third-order valence-electron chi connectivity index (χ3n) is 3.86. The van der Waals surface area contributed by atoms with E-state index in [0.717, 1.165) is 12.3 Å². The van der Waals surface area contributed by atoms with E-state index >= 15 is 0 Å². The first-order valence-electron chi connectivity index (χ1n) is 8.16. The van der Waals surface area contributed by atoms with Crippen molar-refractivity contribution in [3.63, 3.8) is 0 Å². The minimum Gasteiger partial charge on any atom is -0.459 e. The van der Waals surface area contributed by atoms with Gasteiger partial charge in [-0.15, -0.1) is 0 Å². The first kappa shape index (κ1) is 20.7. The Hall–Kier alpha value is -3.01. The molecule has 2 aromatic carbocycles. The lowest BCUT2D eigenvalue weighted by molar-refractivity contribution is -0.141. The zero-order valence-electron chi connectivity index (χ0n) is 14.9. The second-order valence-electron chi connectivity index (χ2n) is 6.13. The fourth-order valence-electron chi connectivity index (χ4n) is 2.38. The zero-order valence-corrected chi connectivity index (χ0v) is 15.8. The van der Waals surface area contributed by atoms with Crippen LogP contribution in [-0.2, 0) is 22.6 Å². The highest BCUT2D eigenvalue weighted by molar-refractivity contribution is 7.90. The van der Waals surface area contributed by atoms with Gasteiger partial charge in [0.05, 0.1) is 10.6 Å². The van der Waals surface area contributed by atoms with E-state index in [4.69, 9.17) is 4.74 Å². The molecule has 29 heavy (non-hydrogen) atoms. The summed E-state index contributed by atoms with van der Waals surface area (Å²) in [6.07, 6.45) is -3.71. The van der Waals surface area contributed by atoms with Gasteiger partial charge in [0.15, 0.2) is 15.5 Å². The molecule has 5 nitrogen and oxygen atoms in total. The van der Waals surface area contributed by atoms with E-state index in [1.165, 1.54) is 48.5 Å². The molecule has 0 unspecified atom stereocenters. The summed E-state index contributed by atoms with van der Waals surface area (Å²) >= 11 is 0. The quantitative estimate of drug-likeness (QED) is 0.570. The lowest BCUT2D eigenvalue weighted by Gasteiger charge is -2.11. The lowest BCUT2D eigenvalue weighted by Crippen LogP contribution is -2.11. The Bertz CT molecular complexity index is 1110. The molecule has 0 amide bonds. The van der Waals surface area contributed by atoms with E-state index < -0.39 is 33.5 Å². The van der Waals surface area contributed by atoms with E-state index in [1.54, 1.807) is 0 Å². The fraction of sp³-hybridized carbons (Fsp3) is 0.158. The number of hydrogen-bond donors (Lipinski definition) is 0. The van der Waals surface area contributed by atoms with Crippen molar-refractivity contribution < 1.29 is 30.7 Å². The van der Waals surface area contributed by atoms with Crippen LogP contribution in [0.3, 0.4) is 0 Å². The molecule has 3 rings (SSSR count). The van der Waals surface area contributed by atoms with Crippen molar-refractivity contribution in [2.45, 2.75) is 17.7 Å². The number of nitrogens with zero attached hydrogens (tertiary/aromatic N) is 2. The van der Waals surface area contributed by atoms with E-state index in [9.17, 15) is 26.0 Å². The topological polar surface area (TPSA) is 69.2 Å². The first-order chi connectivity index (χ1) is 13.5. The van der Waals surface area contributed by atoms with Crippen molar-refractivity contribution in [2.24, 2.45) is 0 Å². The van der Waals surface area contributed by atoms with Gasteiger partial charge in [-0.3, -0.25) is 0 Å². The number of hydrogen-bond acceptors (Lipinski definition) is 5. The molecular weight excluding hydrogens is 412 g/mol. The smallest absolute Gasteiger partial charge is 0.433 e. The molecule has 0 N–H and O–H groups in total. The number of ether oxygens (including phenoxy) is 1. The van der Waals surface area contributed by atoms with Crippen molar-refractivity contribution in [2.75, 3.05) is 6.26 Å². The molecule has 0 atom stereocenters. The minimum atomic E-state index is -4.74. The second-order valence-corrected chi connectivity index (χ2v) is 8.15. The number of alkyl halides is 3. The summed E-state index contributed by atoms with van der Waals surface area (Å²) < 4.78 is 81.0. The Labute approximate surface area is 163 Å². The van der Waals surface area contributed by atoms with Crippen LogP contribution in [0.5, 0.6) is 6.01 Å². The van der Waals surface area contributed by atoms with Crippen LogP contribution >= 0.6 is 0 Å². The van der Waals surface area contributed by atoms with Crippen LogP contribution in [0.2, 0.25) is 0 Å². The Morgan fingerprint density at radius 1 is 0.966 bits per heavy atom. The molecule has 0 aliphatic carbocycles. The van der Waals surface area contributed by atoms with Crippen molar-refractivity contribution in [1.82, 2.24) is 9.97 Å². The van der Waals surface area contributed by atoms with E-state index in [1.807, 2.05) is 0 Å². The summed E-state index contributed by atoms with van der Waals surface area (Å²) in [4.78, 5) is 7.40. The SMILES string of the molecule is CS(=O)(=O)c1ccc(-c2cc(C(F)(F)F)nc(OCc3ccc(F)cc3)n2)cc1. The molecule has 0 aliphatic heterocycles. The average Bonchev–Trinajstić information content (AvgIpc) is 2.66. The zero-order chi connectivity index (χ0) is 21.2. The molecule has 0 bridgehead atoms. The lowest BCUT2D eigenvalue weighted by atomic mass is 10.1. The number of rotatable bonds is 5. The van der Waals surface area contributed by atoms with Crippen LogP contribution < -0.4 is 4.74 Å². The van der Waals surface area contributed by atoms with E-state index in [0.29, 0.717) is 5.56 Å². The number of aromatic nitrogens is 2. The standard InChI is InChI=1S/C19H14F4N2O3S/c1-29(26,27)15-8-4-13(5-9-15)16-10-17(19(21,22)23)25-18(24-16)28-11-12-2-6-14(20)7-3-12/h2-10H,11H2,1H3. The number of sulfone groups is 1. The van der Waals surface area contributed by atoms with E-state index in [2.05, 4.69) is 9.97 Å². The fourth-order valence-corrected chi connectivity index (χ4v) is 3.01. The van der Waals surface area contributed by atoms with Gasteiger partial charge < -0.3 is 4.74 Å². The van der Waals surface area contributed by atoms with Crippen LogP contribution in [-0.4, -0.2) is 24.6 Å². The van der Waals surface area contributed by atoms with Gasteiger partial charge in [-0.1, -0.05) is 24.3 Å². The van der Waals surface area contributed by atoms with Crippen LogP contribution in [0.15, 0.2) is 59.5 Å². The second kappa shape index (κ2) is 7.78. The van der Waals surface area contributed by atoms with Gasteiger partial charge in [0, 0.05) is 11.8 Å². The minimum absolute atomic E-state index is 0.0270. The third kappa shape index (κ3) is 5.29. The summed E-state index contributed by atoms with van der Waals surface area (Å²) in [5, 5.41) is 0. The van der Waals surface area contributed by atoms with Gasteiger partial charge in [0.25, 0.3) is 0 Å². The van der Waals surface area contributed by atoms with Crippen molar-refractivity contribution in [3.05, 3.63) is 71.7 Å². The van der Waals surface area contributed by atoms with Gasteiger partial charge in [0.2, 0.25) is 0 Å². The Morgan fingerprint density at radius 2 is 1.59 bits per heavy atom. The highest BCUT2D eigenvalue weighted by atomic mass is 32.2. The molecule has 0 saturated carbocycles. The Morgan fingerprint density at radius 3 is 2.14 bits per heavy atom. The van der Waals surface area contributed by atoms with Gasteiger partial charge in [-0.25, -0.2) is 12.8 Å². The number of benzene rings is 2. The molecule has 0 aliphatic rings. The Kier molecular flexibility index (Phi) is 5.56. The van der Waals surface area contributed by atoms with Crippen molar-refractivity contribution >= 4 is 9.84 Å². The van der Waals surface area contributed by atoms with Gasteiger partial charge in [-0.05, 0) is 35.9 Å². The van der Waals surface area contributed by atoms with E-state index in [-0.39, 0.29) is 22.8 Å². The number of halogens is 4. The maximum atomic E-state index is 13.2. The molecule has 3 aromatic rings. The molecule has 0 radical (unpaired) electrons. The van der Waals surface area contributed by atoms with Crippen LogP contribution in [0.1, 0.15) is 11.3 Å². The molecule has 0 spiro atoms. The molecule has 0 fully saturated rings. The molecule has 10 heteroatoms. The first-order valence-corrected chi connectivity index (χ1v) is 10.1. The summed E-state index contributed by atoms with van der Waals surface area (Å²) in [6, 6.07) is 10.7. The molecule has 152 valence electrons. The predicted molar refractivity (Wildman–Crippen MR) is 96.3 cm³/mol. The maximum absolute atomic E-state index is 13.2. The third-order valence-corrected chi connectivity index (χ3v) is 4.98. The van der Waals surface area contributed by atoms with Crippen LogP contribution in [0.25, 0.3) is 11.3 Å². The predicted octanol–water partition coefficient (Wildman–Crippen LogP) is 4.28. The summed E-state index contributed by atoms with van der Waals surface area (Å²) in [6.45, 7) is -0.159. The summed E-state index contributed by atoms with van der Waals surface area (Å²) in [5.41, 5.74) is -0.506. The highest BCUT2D eigenvalue weighted by Gasteiger charge is 2.34. The molecular formula is C19H14F4N2O3S. The monoisotopic (exact) mass is 426 g/mol. The summed E-state index contributed by atoms with van der Waals surface area (Å²) in [7, 11) is -3.45. The van der Waals surface area contributed by atoms with Crippen LogP contribution in [0, 0.1) is 5.82 Å². The molecule has 0 saturated heterocycles. The summed E-state index contributed by atoms with van der Waals surface area (Å²) in [5.74, 6) is -0.455. The highest BCUT2D eigenvalue weighted by Crippen LogP contribution is 2.32. The maximum Gasteiger partial charge on any atom is 0.433 e. The Balaban J connectivity index is 1.94. The average molecular weight is 426 g/mol. The molecule has 1 heterocycles. The van der Waals surface area contributed by atoms with Crippen LogP contribution in [0.4, 0.5) is 17.6 Å². The largest absolute Gasteiger partial charge is 0.459 e.